The highest BCUT2D eigenvalue weighted by atomic mass is 19.1. The molecule has 0 bridgehead atoms. The molecule has 0 heterocycles. The molecular weight excluding hydrogens is 186 g/mol. The molecular formula is C11H12F2O. The molecule has 1 aromatic carbocycles. The molecule has 14 heavy (non-hydrogen) atoms. The average molecular weight is 198 g/mol. The first-order chi connectivity index (χ1) is 6.69. The summed E-state index contributed by atoms with van der Waals surface area (Å²) in [6, 6.07) is 6.38. The van der Waals surface area contributed by atoms with Crippen LogP contribution in [-0.4, -0.2) is 19.1 Å². The second-order valence-electron chi connectivity index (χ2n) is 3.18. The summed E-state index contributed by atoms with van der Waals surface area (Å²) < 4.78 is 24.6. The van der Waals surface area contributed by atoms with Crippen LogP contribution in [0, 0.1) is 0 Å². The molecule has 76 valence electrons. The molecule has 1 aromatic rings. The molecule has 0 aliphatic heterocycles. The molecule has 0 amide bonds. The van der Waals surface area contributed by atoms with E-state index >= 15 is 0 Å². The van der Waals surface area contributed by atoms with Crippen molar-refractivity contribution in [2.24, 2.45) is 0 Å². The lowest BCUT2D eigenvalue weighted by Crippen LogP contribution is -2.03. The molecule has 0 saturated heterocycles. The van der Waals surface area contributed by atoms with Gasteiger partial charge in [0.2, 0.25) is 0 Å². The van der Waals surface area contributed by atoms with Crippen LogP contribution in [0.15, 0.2) is 24.3 Å². The summed E-state index contributed by atoms with van der Waals surface area (Å²) in [6.45, 7) is 0.0304. The van der Waals surface area contributed by atoms with Crippen LogP contribution in [0.1, 0.15) is 28.8 Å². The van der Waals surface area contributed by atoms with Crippen LogP contribution in [-0.2, 0) is 0 Å². The monoisotopic (exact) mass is 198 g/mol. The topological polar surface area (TPSA) is 17.1 Å². The maximum absolute atomic E-state index is 12.3. The van der Waals surface area contributed by atoms with Crippen molar-refractivity contribution >= 4 is 5.78 Å². The van der Waals surface area contributed by atoms with Crippen LogP contribution >= 0.6 is 0 Å². The van der Waals surface area contributed by atoms with Gasteiger partial charge in [-0.15, -0.1) is 0 Å². The van der Waals surface area contributed by atoms with Gasteiger partial charge in [-0.05, 0) is 12.5 Å². The van der Waals surface area contributed by atoms with Gasteiger partial charge >= 0.3 is 0 Å². The van der Waals surface area contributed by atoms with Crippen LogP contribution in [0.3, 0.4) is 0 Å². The fraction of sp³-hybridized carbons (Fsp3) is 0.364. The van der Waals surface area contributed by atoms with E-state index in [2.05, 4.69) is 0 Å². The van der Waals surface area contributed by atoms with Crippen LogP contribution in [0.5, 0.6) is 0 Å². The van der Waals surface area contributed by atoms with E-state index in [0.29, 0.717) is 11.1 Å². The van der Waals surface area contributed by atoms with Crippen molar-refractivity contribution < 1.29 is 13.6 Å². The molecule has 0 aromatic heterocycles. The lowest BCUT2D eigenvalue weighted by molar-refractivity contribution is 0.101. The number of carbonyl (C=O) groups is 1. The van der Waals surface area contributed by atoms with Crippen molar-refractivity contribution in [2.75, 3.05) is 13.3 Å². The lowest BCUT2D eigenvalue weighted by atomic mass is 10.00. The summed E-state index contributed by atoms with van der Waals surface area (Å²) in [5, 5.41) is 0. The Morgan fingerprint density at radius 1 is 1.21 bits per heavy atom. The van der Waals surface area contributed by atoms with Gasteiger partial charge in [0.25, 0.3) is 0 Å². The van der Waals surface area contributed by atoms with E-state index in [1.165, 1.54) is 6.92 Å². The number of alkyl halides is 2. The van der Waals surface area contributed by atoms with Crippen molar-refractivity contribution in [3.63, 3.8) is 0 Å². The third kappa shape index (κ3) is 2.37. The molecule has 0 spiro atoms. The summed E-state index contributed by atoms with van der Waals surface area (Å²) in [4.78, 5) is 10.9. The maximum Gasteiger partial charge on any atom is 0.159 e. The highest BCUT2D eigenvalue weighted by Crippen LogP contribution is 2.17. The fourth-order valence-electron chi connectivity index (χ4n) is 1.21. The fourth-order valence-corrected chi connectivity index (χ4v) is 1.21. The standard InChI is InChI=1S/C11H12F2O/c1-8(14)9-2-4-10(5-3-9)11(6-12)7-13/h2-5,11H,6-7H2,1H3. The number of halogens is 2. The quantitative estimate of drug-likeness (QED) is 0.680. The third-order valence-electron chi connectivity index (χ3n) is 2.16. The Bertz CT molecular complexity index is 302. The molecule has 0 aliphatic rings. The molecule has 0 radical (unpaired) electrons. The van der Waals surface area contributed by atoms with Crippen LogP contribution in [0.4, 0.5) is 8.78 Å². The summed E-state index contributed by atoms with van der Waals surface area (Å²) in [5.41, 5.74) is 1.16. The van der Waals surface area contributed by atoms with Crippen molar-refractivity contribution in [1.82, 2.24) is 0 Å². The molecule has 1 nitrogen and oxygen atoms in total. The highest BCUT2D eigenvalue weighted by molar-refractivity contribution is 5.94. The molecule has 0 fully saturated rings. The Hall–Kier alpha value is -1.25. The number of ketones is 1. The van der Waals surface area contributed by atoms with Gasteiger partial charge in [-0.25, -0.2) is 0 Å². The van der Waals surface area contributed by atoms with Gasteiger partial charge in [0.15, 0.2) is 5.78 Å². The minimum absolute atomic E-state index is 0.0476. The zero-order valence-electron chi connectivity index (χ0n) is 7.97. The predicted octanol–water partition coefficient (Wildman–Crippen LogP) is 2.91. The third-order valence-corrected chi connectivity index (χ3v) is 2.16. The number of hydrogen-bond acceptors (Lipinski definition) is 1. The highest BCUT2D eigenvalue weighted by Gasteiger charge is 2.10. The number of benzene rings is 1. The Balaban J connectivity index is 2.87. The summed E-state index contributed by atoms with van der Waals surface area (Å²) in [7, 11) is 0. The van der Waals surface area contributed by atoms with Crippen molar-refractivity contribution in [3.05, 3.63) is 35.4 Å². The molecule has 0 unspecified atom stereocenters. The maximum atomic E-state index is 12.3. The molecule has 1 rings (SSSR count). The summed E-state index contributed by atoms with van der Waals surface area (Å²) in [5.74, 6) is -0.746. The van der Waals surface area contributed by atoms with Gasteiger partial charge in [-0.3, -0.25) is 13.6 Å². The number of carbonyl (C=O) groups excluding carboxylic acids is 1. The van der Waals surface area contributed by atoms with E-state index in [1.807, 2.05) is 0 Å². The lowest BCUT2D eigenvalue weighted by Gasteiger charge is -2.08. The van der Waals surface area contributed by atoms with E-state index in [0.717, 1.165) is 0 Å². The number of rotatable bonds is 4. The van der Waals surface area contributed by atoms with Crippen LogP contribution in [0.25, 0.3) is 0 Å². The van der Waals surface area contributed by atoms with Gasteiger partial charge in [0.05, 0.1) is 13.3 Å². The first-order valence-corrected chi connectivity index (χ1v) is 4.42. The molecule has 0 N–H and O–H groups in total. The first-order valence-electron chi connectivity index (χ1n) is 4.42. The van der Waals surface area contributed by atoms with Gasteiger partial charge in [0.1, 0.15) is 0 Å². The van der Waals surface area contributed by atoms with Gasteiger partial charge in [-0.1, -0.05) is 24.3 Å². The normalized spacial score (nSPS) is 10.6. The first kappa shape index (κ1) is 10.8. The molecule has 0 atom stereocenters. The smallest absolute Gasteiger partial charge is 0.159 e. The largest absolute Gasteiger partial charge is 0.295 e. The zero-order valence-corrected chi connectivity index (χ0v) is 7.97. The Morgan fingerprint density at radius 2 is 1.71 bits per heavy atom. The molecule has 3 heteroatoms. The van der Waals surface area contributed by atoms with Gasteiger partial charge in [-0.2, -0.15) is 0 Å². The summed E-state index contributed by atoms with van der Waals surface area (Å²) >= 11 is 0. The van der Waals surface area contributed by atoms with E-state index in [9.17, 15) is 13.6 Å². The number of Topliss-reactive ketones (excluding diaryl/α,β-unsaturated/α-hetero) is 1. The zero-order chi connectivity index (χ0) is 10.6. The van der Waals surface area contributed by atoms with E-state index in [-0.39, 0.29) is 5.78 Å². The summed E-state index contributed by atoms with van der Waals surface area (Å²) in [6.07, 6.45) is 0. The van der Waals surface area contributed by atoms with Crippen molar-refractivity contribution in [1.29, 1.82) is 0 Å². The van der Waals surface area contributed by atoms with E-state index < -0.39 is 19.3 Å². The minimum atomic E-state index is -0.712. The molecule has 0 saturated carbocycles. The van der Waals surface area contributed by atoms with E-state index in [4.69, 9.17) is 0 Å². The van der Waals surface area contributed by atoms with Crippen molar-refractivity contribution in [3.8, 4) is 0 Å². The van der Waals surface area contributed by atoms with Crippen LogP contribution < -0.4 is 0 Å². The molecule has 0 aliphatic carbocycles. The Kier molecular flexibility index (Phi) is 3.74. The SMILES string of the molecule is CC(=O)c1ccc(C(CF)CF)cc1. The van der Waals surface area contributed by atoms with Gasteiger partial charge < -0.3 is 0 Å². The average Bonchev–Trinajstić information content (AvgIpc) is 2.20. The predicted molar refractivity (Wildman–Crippen MR) is 51.1 cm³/mol. The van der Waals surface area contributed by atoms with Crippen LogP contribution in [0.2, 0.25) is 0 Å². The van der Waals surface area contributed by atoms with Gasteiger partial charge in [0, 0.05) is 11.5 Å². The van der Waals surface area contributed by atoms with Crippen molar-refractivity contribution in [2.45, 2.75) is 12.8 Å². The Morgan fingerprint density at radius 3 is 2.07 bits per heavy atom. The number of hydrogen-bond donors (Lipinski definition) is 0. The second kappa shape index (κ2) is 4.84. The Labute approximate surface area is 81.7 Å². The minimum Gasteiger partial charge on any atom is -0.295 e. The second-order valence-corrected chi connectivity index (χ2v) is 3.18. The van der Waals surface area contributed by atoms with E-state index in [1.54, 1.807) is 24.3 Å².